The van der Waals surface area contributed by atoms with Crippen molar-refractivity contribution in [2.45, 2.75) is 81.1 Å². The molecule has 3 aromatic rings. The van der Waals surface area contributed by atoms with Gasteiger partial charge in [0.15, 0.2) is 5.78 Å². The largest absolute Gasteiger partial charge is 0.512 e. The number of carbonyl (C=O) groups excluding carboxylic acids is 1. The zero-order chi connectivity index (χ0) is 26.6. The molecule has 0 saturated carbocycles. The van der Waals surface area contributed by atoms with E-state index < -0.39 is 5.41 Å². The van der Waals surface area contributed by atoms with E-state index in [1.165, 1.54) is 22.6 Å². The smallest absolute Gasteiger partial charge is 0.164 e. The Kier molecular flexibility index (Phi) is 10.8. The topological polar surface area (TPSA) is 50.2 Å². The van der Waals surface area contributed by atoms with Gasteiger partial charge in [0.25, 0.3) is 0 Å². The molecule has 1 aromatic heterocycles. The molecule has 3 rings (SSSR count). The predicted octanol–water partition coefficient (Wildman–Crippen LogP) is 8.65. The number of aliphatic hydroxyl groups is 1. The molecule has 0 bridgehead atoms. The molecule has 197 valence electrons. The molecule has 0 aliphatic rings. The summed E-state index contributed by atoms with van der Waals surface area (Å²) in [7, 11) is 0. The minimum Gasteiger partial charge on any atom is -0.512 e. The first-order valence-electron chi connectivity index (χ1n) is 12.4. The SMILES string of the molecule is CC(C)(C)C(=O)/C=C(\O)C(C)(C)C.CCc1[c-]c(-c2ccc3ccccc3n2)cc(C(C)(C)C)c1.[Ir]. The maximum atomic E-state index is 11.5. The number of pyridine rings is 1. The van der Waals surface area contributed by atoms with Gasteiger partial charge >= 0.3 is 0 Å². The molecule has 0 saturated heterocycles. The van der Waals surface area contributed by atoms with Crippen LogP contribution in [0.25, 0.3) is 22.2 Å². The predicted molar refractivity (Wildman–Crippen MR) is 149 cm³/mol. The van der Waals surface area contributed by atoms with Gasteiger partial charge in [-0.25, -0.2) is 0 Å². The molecule has 2 aromatic carbocycles. The zero-order valence-corrected chi connectivity index (χ0v) is 25.9. The molecule has 1 N–H and O–H groups in total. The summed E-state index contributed by atoms with van der Waals surface area (Å²) >= 11 is 0. The van der Waals surface area contributed by atoms with Crippen molar-refractivity contribution in [3.8, 4) is 11.3 Å². The molecular formula is C32H42IrNO2-. The maximum absolute atomic E-state index is 11.5. The van der Waals surface area contributed by atoms with Gasteiger partial charge in [-0.2, -0.15) is 0 Å². The van der Waals surface area contributed by atoms with Crippen LogP contribution < -0.4 is 0 Å². The zero-order valence-electron chi connectivity index (χ0n) is 23.5. The van der Waals surface area contributed by atoms with Crippen LogP contribution in [0, 0.1) is 16.9 Å². The molecular weight excluding hydrogens is 623 g/mol. The van der Waals surface area contributed by atoms with Gasteiger partial charge in [-0.15, -0.1) is 34.9 Å². The van der Waals surface area contributed by atoms with E-state index in [0.717, 1.165) is 23.2 Å². The molecule has 0 aliphatic carbocycles. The van der Waals surface area contributed by atoms with E-state index in [1.807, 2.05) is 53.7 Å². The average Bonchev–Trinajstić information content (AvgIpc) is 2.77. The number of rotatable bonds is 3. The Labute approximate surface area is 231 Å². The van der Waals surface area contributed by atoms with Crippen molar-refractivity contribution in [2.24, 2.45) is 10.8 Å². The minimum atomic E-state index is -0.417. The van der Waals surface area contributed by atoms with E-state index in [-0.39, 0.29) is 42.5 Å². The second-order valence-corrected chi connectivity index (χ2v) is 12.2. The van der Waals surface area contributed by atoms with Crippen molar-refractivity contribution in [3.05, 3.63) is 77.6 Å². The molecule has 0 fully saturated rings. The number of aryl methyl sites for hydroxylation is 1. The molecule has 0 unspecified atom stereocenters. The fourth-order valence-corrected chi connectivity index (χ4v) is 3.16. The monoisotopic (exact) mass is 665 g/mol. The quantitative estimate of drug-likeness (QED) is 0.173. The first-order chi connectivity index (χ1) is 16.0. The normalized spacial score (nSPS) is 12.4. The van der Waals surface area contributed by atoms with E-state index in [4.69, 9.17) is 4.98 Å². The van der Waals surface area contributed by atoms with Gasteiger partial charge in [-0.1, -0.05) is 99.6 Å². The third-order valence-corrected chi connectivity index (χ3v) is 5.82. The fourth-order valence-electron chi connectivity index (χ4n) is 3.16. The van der Waals surface area contributed by atoms with Gasteiger partial charge in [0.1, 0.15) is 5.76 Å². The van der Waals surface area contributed by atoms with Crippen LogP contribution in [-0.2, 0) is 36.7 Å². The number of hydrogen-bond acceptors (Lipinski definition) is 3. The summed E-state index contributed by atoms with van der Waals surface area (Å²) in [5.41, 5.74) is 5.08. The number of fused-ring (bicyclic) bond motifs is 1. The Morgan fingerprint density at radius 1 is 0.917 bits per heavy atom. The Balaban J connectivity index is 0.000000402. The van der Waals surface area contributed by atoms with Crippen molar-refractivity contribution in [2.75, 3.05) is 0 Å². The Morgan fingerprint density at radius 3 is 2.06 bits per heavy atom. The van der Waals surface area contributed by atoms with Crippen LogP contribution in [0.3, 0.4) is 0 Å². The first kappa shape index (κ1) is 31.7. The Bertz CT molecular complexity index is 1210. The van der Waals surface area contributed by atoms with Gasteiger partial charge in [0.05, 0.1) is 5.52 Å². The summed E-state index contributed by atoms with van der Waals surface area (Å²) in [6, 6.07) is 20.5. The first-order valence-corrected chi connectivity index (χ1v) is 12.4. The second-order valence-electron chi connectivity index (χ2n) is 12.2. The molecule has 3 nitrogen and oxygen atoms in total. The molecule has 0 atom stereocenters. The summed E-state index contributed by atoms with van der Waals surface area (Å²) < 4.78 is 0. The number of hydrogen-bond donors (Lipinski definition) is 1. The van der Waals surface area contributed by atoms with Gasteiger partial charge in [0, 0.05) is 37.0 Å². The van der Waals surface area contributed by atoms with Crippen molar-refractivity contribution < 1.29 is 30.0 Å². The number of aromatic nitrogens is 1. The van der Waals surface area contributed by atoms with Crippen LogP contribution in [0.5, 0.6) is 0 Å². The van der Waals surface area contributed by atoms with Crippen LogP contribution >= 0.6 is 0 Å². The third kappa shape index (κ3) is 8.98. The van der Waals surface area contributed by atoms with E-state index in [9.17, 15) is 9.90 Å². The average molecular weight is 665 g/mol. The number of nitrogens with zero attached hydrogens (tertiary/aromatic N) is 1. The number of benzene rings is 2. The van der Waals surface area contributed by atoms with Gasteiger partial charge in [-0.3, -0.25) is 9.78 Å². The molecule has 1 radical (unpaired) electrons. The number of allylic oxidation sites excluding steroid dienone is 2. The van der Waals surface area contributed by atoms with Gasteiger partial charge < -0.3 is 5.11 Å². The van der Waals surface area contributed by atoms with E-state index >= 15 is 0 Å². The second kappa shape index (κ2) is 12.3. The van der Waals surface area contributed by atoms with Crippen molar-refractivity contribution in [1.82, 2.24) is 4.98 Å². The molecule has 0 aliphatic heterocycles. The summed E-state index contributed by atoms with van der Waals surface area (Å²) in [5.74, 6) is 0.104. The van der Waals surface area contributed by atoms with Gasteiger partial charge in [0.2, 0.25) is 0 Å². The van der Waals surface area contributed by atoms with E-state index in [2.05, 4.69) is 70.2 Å². The molecule has 0 amide bonds. The number of carbonyl (C=O) groups is 1. The molecule has 0 spiro atoms. The van der Waals surface area contributed by atoms with E-state index in [1.54, 1.807) is 0 Å². The van der Waals surface area contributed by atoms with Crippen LogP contribution in [0.1, 0.15) is 80.4 Å². The van der Waals surface area contributed by atoms with Crippen LogP contribution in [-0.4, -0.2) is 15.9 Å². The Hall–Kier alpha value is -2.29. The van der Waals surface area contributed by atoms with Crippen LogP contribution in [0.4, 0.5) is 0 Å². The van der Waals surface area contributed by atoms with Crippen molar-refractivity contribution in [3.63, 3.8) is 0 Å². The molecule has 1 heterocycles. The summed E-state index contributed by atoms with van der Waals surface area (Å²) in [6.45, 7) is 20.0. The van der Waals surface area contributed by atoms with Crippen molar-refractivity contribution >= 4 is 16.7 Å². The summed E-state index contributed by atoms with van der Waals surface area (Å²) in [5, 5.41) is 10.7. The number of aliphatic hydroxyl groups excluding tert-OH is 1. The van der Waals surface area contributed by atoms with Crippen LogP contribution in [0.2, 0.25) is 0 Å². The number of para-hydroxylation sites is 1. The summed E-state index contributed by atoms with van der Waals surface area (Å²) in [4.78, 5) is 16.3. The standard InChI is InChI=1S/C21H22N.C11H20O2.Ir/c1-5-15-12-17(14-18(13-15)21(2,3)4)20-11-10-16-8-6-7-9-19(16)22-20;1-10(2,3)8(12)7-9(13)11(4,5)6;/h6-11,13-14H,5H2,1-4H3;7,12H,1-6H3;/q-1;;/b;8-7-;. The van der Waals surface area contributed by atoms with Crippen molar-refractivity contribution in [1.29, 1.82) is 0 Å². The number of ketones is 1. The van der Waals surface area contributed by atoms with Gasteiger partial charge in [-0.05, 0) is 29.0 Å². The fraction of sp³-hybridized carbons (Fsp3) is 0.438. The molecule has 36 heavy (non-hydrogen) atoms. The maximum Gasteiger partial charge on any atom is 0.164 e. The summed E-state index contributed by atoms with van der Waals surface area (Å²) in [6.07, 6.45) is 2.32. The van der Waals surface area contributed by atoms with Crippen LogP contribution in [0.15, 0.2) is 60.4 Å². The minimum absolute atomic E-state index is 0. The molecule has 4 heteroatoms. The third-order valence-electron chi connectivity index (χ3n) is 5.82. The van der Waals surface area contributed by atoms with E-state index in [0.29, 0.717) is 0 Å². The Morgan fingerprint density at radius 2 is 1.53 bits per heavy atom.